The van der Waals surface area contributed by atoms with Crippen molar-refractivity contribution >= 4 is 5.91 Å². The van der Waals surface area contributed by atoms with E-state index < -0.39 is 11.7 Å². The lowest BCUT2D eigenvalue weighted by Gasteiger charge is -2.33. The van der Waals surface area contributed by atoms with E-state index in [0.717, 1.165) is 25.5 Å². The molecule has 0 spiro atoms. The lowest BCUT2D eigenvalue weighted by Crippen LogP contribution is -2.40. The summed E-state index contributed by atoms with van der Waals surface area (Å²) in [4.78, 5) is 18.2. The lowest BCUT2D eigenvalue weighted by atomic mass is 9.90. The summed E-state index contributed by atoms with van der Waals surface area (Å²) in [6, 6.07) is 5.77. The zero-order chi connectivity index (χ0) is 20.0. The third kappa shape index (κ3) is 5.56. The van der Waals surface area contributed by atoms with Crippen LogP contribution in [-0.4, -0.2) is 38.7 Å². The third-order valence-electron chi connectivity index (χ3n) is 5.26. The molecule has 2 heterocycles. The van der Waals surface area contributed by atoms with Crippen LogP contribution in [0.4, 0.5) is 13.2 Å². The fourth-order valence-electron chi connectivity index (χ4n) is 3.80. The van der Waals surface area contributed by atoms with Crippen molar-refractivity contribution in [1.82, 2.24) is 19.7 Å². The molecule has 28 heavy (non-hydrogen) atoms. The quantitative estimate of drug-likeness (QED) is 0.715. The van der Waals surface area contributed by atoms with Crippen LogP contribution >= 0.6 is 0 Å². The molecule has 3 rings (SSSR count). The average Bonchev–Trinajstić information content (AvgIpc) is 3.19. The number of hydrogen-bond acceptors (Lipinski definition) is 3. The minimum absolute atomic E-state index is 0.112. The summed E-state index contributed by atoms with van der Waals surface area (Å²) in [6.45, 7) is 2.02. The van der Waals surface area contributed by atoms with E-state index in [2.05, 4.69) is 10.1 Å². The van der Waals surface area contributed by atoms with Gasteiger partial charge in [-0.15, -0.1) is 0 Å². The SMILES string of the molecule is O=C(CCCn1cncn1)N1CCC[C@@H](CCc2ccccc2C(F)(F)F)C1. The van der Waals surface area contributed by atoms with Crippen LogP contribution in [-0.2, 0) is 23.9 Å². The summed E-state index contributed by atoms with van der Waals surface area (Å²) in [5, 5.41) is 4.02. The van der Waals surface area contributed by atoms with Crippen LogP contribution in [0, 0.1) is 5.92 Å². The van der Waals surface area contributed by atoms with E-state index in [1.54, 1.807) is 23.1 Å². The second kappa shape index (κ2) is 9.21. The highest BCUT2D eigenvalue weighted by atomic mass is 19.4. The van der Waals surface area contributed by atoms with Gasteiger partial charge in [0.15, 0.2) is 0 Å². The minimum Gasteiger partial charge on any atom is -0.342 e. The Morgan fingerprint density at radius 2 is 2.07 bits per heavy atom. The lowest BCUT2D eigenvalue weighted by molar-refractivity contribution is -0.138. The zero-order valence-corrected chi connectivity index (χ0v) is 15.7. The topological polar surface area (TPSA) is 51.0 Å². The first-order valence-corrected chi connectivity index (χ1v) is 9.69. The Balaban J connectivity index is 1.48. The molecule has 152 valence electrons. The molecule has 0 saturated carbocycles. The number of alkyl halides is 3. The van der Waals surface area contributed by atoms with Crippen LogP contribution in [0.15, 0.2) is 36.9 Å². The summed E-state index contributed by atoms with van der Waals surface area (Å²) in [6.07, 6.45) is 2.82. The van der Waals surface area contributed by atoms with Crippen LogP contribution in [0.5, 0.6) is 0 Å². The molecule has 0 bridgehead atoms. The maximum atomic E-state index is 13.1. The van der Waals surface area contributed by atoms with Crippen LogP contribution in [0.3, 0.4) is 0 Å². The van der Waals surface area contributed by atoms with Gasteiger partial charge >= 0.3 is 6.18 Å². The molecule has 0 radical (unpaired) electrons. The standard InChI is InChI=1S/C20H25F3N4O/c21-20(22,23)18-7-2-1-6-17(18)10-9-16-5-3-11-26(13-16)19(28)8-4-12-27-15-24-14-25-27/h1-2,6-7,14-16H,3-5,8-13H2/t16-/m0/s1. The normalized spacial score (nSPS) is 17.7. The minimum atomic E-state index is -4.32. The van der Waals surface area contributed by atoms with Crippen molar-refractivity contribution in [2.75, 3.05) is 13.1 Å². The Morgan fingerprint density at radius 1 is 1.25 bits per heavy atom. The van der Waals surface area contributed by atoms with E-state index in [1.807, 2.05) is 4.90 Å². The van der Waals surface area contributed by atoms with E-state index in [9.17, 15) is 18.0 Å². The second-order valence-electron chi connectivity index (χ2n) is 7.30. The maximum absolute atomic E-state index is 13.1. The van der Waals surface area contributed by atoms with Gasteiger partial charge in [0.25, 0.3) is 0 Å². The largest absolute Gasteiger partial charge is 0.416 e. The summed E-state index contributed by atoms with van der Waals surface area (Å²) in [5.74, 6) is 0.356. The maximum Gasteiger partial charge on any atom is 0.416 e. The number of rotatable bonds is 7. The number of carbonyl (C=O) groups excluding carboxylic acids is 1. The van der Waals surface area contributed by atoms with Crippen molar-refractivity contribution in [2.24, 2.45) is 5.92 Å². The number of benzene rings is 1. The van der Waals surface area contributed by atoms with Crippen molar-refractivity contribution in [2.45, 2.75) is 51.2 Å². The first-order valence-electron chi connectivity index (χ1n) is 9.69. The van der Waals surface area contributed by atoms with Crippen LogP contribution in [0.2, 0.25) is 0 Å². The molecule has 0 unspecified atom stereocenters. The monoisotopic (exact) mass is 394 g/mol. The fourth-order valence-corrected chi connectivity index (χ4v) is 3.80. The van der Waals surface area contributed by atoms with Gasteiger partial charge in [-0.05, 0) is 49.7 Å². The molecule has 5 nitrogen and oxygen atoms in total. The van der Waals surface area contributed by atoms with Gasteiger partial charge in [-0.3, -0.25) is 9.48 Å². The highest BCUT2D eigenvalue weighted by Crippen LogP contribution is 2.33. The van der Waals surface area contributed by atoms with Crippen LogP contribution < -0.4 is 0 Å². The van der Waals surface area contributed by atoms with Gasteiger partial charge in [-0.1, -0.05) is 18.2 Å². The molecular weight excluding hydrogens is 369 g/mol. The average molecular weight is 394 g/mol. The number of likely N-dealkylation sites (tertiary alicyclic amines) is 1. The molecule has 1 aliphatic rings. The molecule has 1 amide bonds. The molecule has 1 aromatic heterocycles. The highest BCUT2D eigenvalue weighted by molar-refractivity contribution is 5.76. The van der Waals surface area contributed by atoms with Gasteiger partial charge in [-0.25, -0.2) is 4.98 Å². The smallest absolute Gasteiger partial charge is 0.342 e. The molecule has 2 aromatic rings. The van der Waals surface area contributed by atoms with Crippen molar-refractivity contribution in [3.63, 3.8) is 0 Å². The molecular formula is C20H25F3N4O. The Labute approximate surface area is 162 Å². The number of hydrogen-bond donors (Lipinski definition) is 0. The molecule has 0 N–H and O–H groups in total. The van der Waals surface area contributed by atoms with E-state index >= 15 is 0 Å². The Bertz CT molecular complexity index is 761. The first kappa shape index (κ1) is 20.4. The van der Waals surface area contributed by atoms with Gasteiger partial charge in [0.1, 0.15) is 12.7 Å². The molecule has 1 saturated heterocycles. The first-order chi connectivity index (χ1) is 13.4. The molecule has 0 aliphatic carbocycles. The summed E-state index contributed by atoms with van der Waals surface area (Å²) >= 11 is 0. The van der Waals surface area contributed by atoms with E-state index in [4.69, 9.17) is 0 Å². The Hall–Kier alpha value is -2.38. The van der Waals surface area contributed by atoms with Crippen LogP contribution in [0.25, 0.3) is 0 Å². The molecule has 1 aromatic carbocycles. The van der Waals surface area contributed by atoms with Crippen molar-refractivity contribution in [3.8, 4) is 0 Å². The second-order valence-corrected chi connectivity index (χ2v) is 7.30. The number of piperidine rings is 1. The van der Waals surface area contributed by atoms with Gasteiger partial charge < -0.3 is 4.90 Å². The van der Waals surface area contributed by atoms with Crippen LogP contribution in [0.1, 0.15) is 43.2 Å². The van der Waals surface area contributed by atoms with E-state index in [0.29, 0.717) is 44.3 Å². The number of nitrogens with zero attached hydrogens (tertiary/aromatic N) is 4. The summed E-state index contributed by atoms with van der Waals surface area (Å²) < 4.78 is 41.1. The number of halogens is 3. The highest BCUT2D eigenvalue weighted by Gasteiger charge is 2.33. The Morgan fingerprint density at radius 3 is 2.82 bits per heavy atom. The number of aryl methyl sites for hydroxylation is 2. The summed E-state index contributed by atoms with van der Waals surface area (Å²) in [5.41, 5.74) is -0.210. The molecule has 1 aliphatic heterocycles. The number of aromatic nitrogens is 3. The zero-order valence-electron chi connectivity index (χ0n) is 15.7. The third-order valence-corrected chi connectivity index (χ3v) is 5.26. The predicted octanol–water partition coefficient (Wildman–Crippen LogP) is 3.95. The summed E-state index contributed by atoms with van der Waals surface area (Å²) in [7, 11) is 0. The van der Waals surface area contributed by atoms with Gasteiger partial charge in [0, 0.05) is 26.1 Å². The molecule has 8 heteroatoms. The van der Waals surface area contributed by atoms with Gasteiger partial charge in [0.05, 0.1) is 5.56 Å². The van der Waals surface area contributed by atoms with Crippen molar-refractivity contribution in [3.05, 3.63) is 48.0 Å². The number of amides is 1. The Kier molecular flexibility index (Phi) is 6.70. The molecule has 1 atom stereocenters. The molecule has 1 fully saturated rings. The van der Waals surface area contributed by atoms with Gasteiger partial charge in [-0.2, -0.15) is 18.3 Å². The fraction of sp³-hybridized carbons (Fsp3) is 0.550. The van der Waals surface area contributed by atoms with Crippen molar-refractivity contribution < 1.29 is 18.0 Å². The van der Waals surface area contributed by atoms with Crippen molar-refractivity contribution in [1.29, 1.82) is 0 Å². The van der Waals surface area contributed by atoms with E-state index in [1.165, 1.54) is 12.4 Å². The number of carbonyl (C=O) groups is 1. The predicted molar refractivity (Wildman–Crippen MR) is 98.3 cm³/mol. The van der Waals surface area contributed by atoms with Gasteiger partial charge in [0.2, 0.25) is 5.91 Å². The van der Waals surface area contributed by atoms with E-state index in [-0.39, 0.29) is 11.8 Å².